The van der Waals surface area contributed by atoms with Crippen molar-refractivity contribution in [2.45, 2.75) is 31.1 Å². The Balaban J connectivity index is 2.34. The average molecular weight is 325 g/mol. The van der Waals surface area contributed by atoms with Crippen molar-refractivity contribution in [2.75, 3.05) is 4.72 Å². The van der Waals surface area contributed by atoms with E-state index in [0.29, 0.717) is 0 Å². The van der Waals surface area contributed by atoms with E-state index in [4.69, 9.17) is 0 Å². The van der Waals surface area contributed by atoms with Gasteiger partial charge in [-0.2, -0.15) is 0 Å². The fourth-order valence-electron chi connectivity index (χ4n) is 1.98. The molecule has 22 heavy (non-hydrogen) atoms. The van der Waals surface area contributed by atoms with Crippen LogP contribution in [-0.4, -0.2) is 8.42 Å². The fourth-order valence-corrected chi connectivity index (χ4v) is 3.18. The van der Waals surface area contributed by atoms with Gasteiger partial charge < -0.3 is 0 Å². The molecule has 0 saturated heterocycles. The van der Waals surface area contributed by atoms with E-state index in [9.17, 15) is 17.2 Å². The number of hydrogen-bond acceptors (Lipinski definition) is 2. The summed E-state index contributed by atoms with van der Waals surface area (Å²) in [5.41, 5.74) is 1.19. The van der Waals surface area contributed by atoms with E-state index in [1.807, 2.05) is 20.8 Å². The molecule has 2 aromatic carbocycles. The summed E-state index contributed by atoms with van der Waals surface area (Å²) < 4.78 is 53.7. The van der Waals surface area contributed by atoms with E-state index in [1.54, 1.807) is 24.3 Å². The first-order valence-corrected chi connectivity index (χ1v) is 8.17. The van der Waals surface area contributed by atoms with Gasteiger partial charge in [-0.1, -0.05) is 39.0 Å². The molecule has 0 aliphatic carbocycles. The van der Waals surface area contributed by atoms with Gasteiger partial charge in [-0.25, -0.2) is 17.2 Å². The monoisotopic (exact) mass is 325 g/mol. The summed E-state index contributed by atoms with van der Waals surface area (Å²) >= 11 is 0. The first-order chi connectivity index (χ1) is 10.1. The third kappa shape index (κ3) is 3.44. The van der Waals surface area contributed by atoms with Crippen LogP contribution in [0, 0.1) is 11.6 Å². The molecular weight excluding hydrogens is 308 g/mol. The van der Waals surface area contributed by atoms with E-state index in [2.05, 4.69) is 4.72 Å². The second kappa shape index (κ2) is 5.68. The van der Waals surface area contributed by atoms with Crippen LogP contribution in [-0.2, 0) is 15.4 Å². The second-order valence-corrected chi connectivity index (χ2v) is 7.60. The number of anilines is 1. The first kappa shape index (κ1) is 16.4. The van der Waals surface area contributed by atoms with Crippen molar-refractivity contribution in [3.05, 3.63) is 59.7 Å². The molecule has 0 aromatic heterocycles. The summed E-state index contributed by atoms with van der Waals surface area (Å²) in [5, 5.41) is 0. The van der Waals surface area contributed by atoms with Crippen molar-refractivity contribution in [1.82, 2.24) is 0 Å². The lowest BCUT2D eigenvalue weighted by Gasteiger charge is -2.19. The maximum atomic E-state index is 13.6. The highest BCUT2D eigenvalue weighted by Crippen LogP contribution is 2.25. The Labute approximate surface area is 129 Å². The predicted octanol–water partition coefficient (Wildman–Crippen LogP) is 4.06. The van der Waals surface area contributed by atoms with Crippen LogP contribution >= 0.6 is 0 Å². The molecule has 0 atom stereocenters. The van der Waals surface area contributed by atoms with E-state index in [1.165, 1.54) is 0 Å². The summed E-state index contributed by atoms with van der Waals surface area (Å²) in [7, 11) is -4.32. The summed E-state index contributed by atoms with van der Waals surface area (Å²) in [5.74, 6) is -2.25. The van der Waals surface area contributed by atoms with Crippen LogP contribution in [0.2, 0.25) is 0 Å². The third-order valence-electron chi connectivity index (χ3n) is 3.19. The lowest BCUT2D eigenvalue weighted by atomic mass is 9.87. The molecule has 0 fully saturated rings. The molecule has 0 radical (unpaired) electrons. The normalized spacial score (nSPS) is 12.2. The van der Waals surface area contributed by atoms with Crippen molar-refractivity contribution in [3.8, 4) is 0 Å². The van der Waals surface area contributed by atoms with Crippen LogP contribution in [0.5, 0.6) is 0 Å². The minimum absolute atomic E-state index is 0.0744. The van der Waals surface area contributed by atoms with Crippen LogP contribution in [0.4, 0.5) is 14.5 Å². The lowest BCUT2D eigenvalue weighted by molar-refractivity contribution is 0.521. The largest absolute Gasteiger partial charge is 0.279 e. The number of rotatable bonds is 3. The van der Waals surface area contributed by atoms with Crippen molar-refractivity contribution < 1.29 is 17.2 Å². The summed E-state index contributed by atoms with van der Waals surface area (Å²) in [6.45, 7) is 6.09. The zero-order valence-electron chi connectivity index (χ0n) is 12.5. The van der Waals surface area contributed by atoms with Crippen molar-refractivity contribution in [1.29, 1.82) is 0 Å². The Morgan fingerprint density at radius 2 is 1.41 bits per heavy atom. The van der Waals surface area contributed by atoms with Gasteiger partial charge in [-0.3, -0.25) is 4.72 Å². The summed E-state index contributed by atoms with van der Waals surface area (Å²) in [6.07, 6.45) is 0. The lowest BCUT2D eigenvalue weighted by Crippen LogP contribution is -2.17. The standard InChI is InChI=1S/C16H17F2NO2S/c1-16(2,3)11-7-9-12(10-8-11)19-22(20,21)15-13(17)5-4-6-14(15)18/h4-10,19H,1-3H3. The Morgan fingerprint density at radius 3 is 1.86 bits per heavy atom. The quantitative estimate of drug-likeness (QED) is 0.925. The molecule has 2 rings (SSSR count). The molecule has 0 aliphatic rings. The molecule has 0 saturated carbocycles. The van der Waals surface area contributed by atoms with Gasteiger partial charge in [-0.15, -0.1) is 0 Å². The first-order valence-electron chi connectivity index (χ1n) is 6.68. The molecule has 0 bridgehead atoms. The molecule has 0 unspecified atom stereocenters. The van der Waals surface area contributed by atoms with Crippen molar-refractivity contribution >= 4 is 15.7 Å². The highest BCUT2D eigenvalue weighted by atomic mass is 32.2. The van der Waals surface area contributed by atoms with Crippen molar-refractivity contribution in [3.63, 3.8) is 0 Å². The number of nitrogens with one attached hydrogen (secondary N) is 1. The predicted molar refractivity (Wildman–Crippen MR) is 82.3 cm³/mol. The maximum absolute atomic E-state index is 13.6. The molecule has 0 amide bonds. The molecule has 3 nitrogen and oxygen atoms in total. The minimum Gasteiger partial charge on any atom is -0.279 e. The van der Waals surface area contributed by atoms with E-state index in [0.717, 1.165) is 23.8 Å². The van der Waals surface area contributed by atoms with Crippen LogP contribution < -0.4 is 4.72 Å². The van der Waals surface area contributed by atoms with Crippen LogP contribution in [0.1, 0.15) is 26.3 Å². The highest BCUT2D eigenvalue weighted by molar-refractivity contribution is 7.92. The zero-order valence-corrected chi connectivity index (χ0v) is 13.3. The molecule has 0 aliphatic heterocycles. The van der Waals surface area contributed by atoms with Gasteiger partial charge in [0.2, 0.25) is 0 Å². The third-order valence-corrected chi connectivity index (χ3v) is 4.62. The van der Waals surface area contributed by atoms with Crippen LogP contribution in [0.15, 0.2) is 47.4 Å². The second-order valence-electron chi connectivity index (χ2n) is 5.98. The summed E-state index contributed by atoms with van der Waals surface area (Å²) in [4.78, 5) is -0.977. The Bertz CT molecular complexity index is 759. The Kier molecular flexibility index (Phi) is 4.24. The van der Waals surface area contributed by atoms with E-state index in [-0.39, 0.29) is 11.1 Å². The number of halogens is 2. The van der Waals surface area contributed by atoms with Crippen LogP contribution in [0.25, 0.3) is 0 Å². The molecule has 1 N–H and O–H groups in total. The molecule has 6 heteroatoms. The molecule has 2 aromatic rings. The fraction of sp³-hybridized carbons (Fsp3) is 0.250. The van der Waals surface area contributed by atoms with Gasteiger partial charge in [0.05, 0.1) is 0 Å². The van der Waals surface area contributed by atoms with Crippen molar-refractivity contribution in [2.24, 2.45) is 0 Å². The van der Waals surface area contributed by atoms with Gasteiger partial charge in [0, 0.05) is 5.69 Å². The van der Waals surface area contributed by atoms with Crippen LogP contribution in [0.3, 0.4) is 0 Å². The molecular formula is C16H17F2NO2S. The Morgan fingerprint density at radius 1 is 0.909 bits per heavy atom. The Hall–Kier alpha value is -1.95. The SMILES string of the molecule is CC(C)(C)c1ccc(NS(=O)(=O)c2c(F)cccc2F)cc1. The van der Waals surface area contributed by atoms with Gasteiger partial charge in [0.25, 0.3) is 10.0 Å². The van der Waals surface area contributed by atoms with Gasteiger partial charge in [0.1, 0.15) is 11.6 Å². The molecule has 118 valence electrons. The smallest absolute Gasteiger partial charge is 0.267 e. The van der Waals surface area contributed by atoms with Gasteiger partial charge in [0.15, 0.2) is 4.90 Å². The topological polar surface area (TPSA) is 46.2 Å². The summed E-state index contributed by atoms with van der Waals surface area (Å²) in [6, 6.07) is 9.60. The van der Waals surface area contributed by atoms with E-state index >= 15 is 0 Å². The molecule has 0 heterocycles. The average Bonchev–Trinajstić information content (AvgIpc) is 2.37. The maximum Gasteiger partial charge on any atom is 0.267 e. The van der Waals surface area contributed by atoms with Gasteiger partial charge in [-0.05, 0) is 35.2 Å². The zero-order chi connectivity index (χ0) is 16.5. The number of hydrogen-bond donors (Lipinski definition) is 1. The van der Waals surface area contributed by atoms with E-state index < -0.39 is 26.6 Å². The minimum atomic E-state index is -4.32. The number of benzene rings is 2. The number of sulfonamides is 1. The highest BCUT2D eigenvalue weighted by Gasteiger charge is 2.24. The molecule has 0 spiro atoms. The van der Waals surface area contributed by atoms with Gasteiger partial charge >= 0.3 is 0 Å².